The van der Waals surface area contributed by atoms with Crippen molar-refractivity contribution in [1.82, 2.24) is 9.97 Å². The second-order valence-corrected chi connectivity index (χ2v) is 5.61. The van der Waals surface area contributed by atoms with Gasteiger partial charge in [-0.15, -0.1) is 0 Å². The van der Waals surface area contributed by atoms with Crippen molar-refractivity contribution in [1.29, 1.82) is 0 Å². The van der Waals surface area contributed by atoms with E-state index in [1.807, 2.05) is 72.8 Å². The second kappa shape index (κ2) is 6.53. The molecule has 0 aliphatic rings. The molecule has 1 heterocycles. The lowest BCUT2D eigenvalue weighted by atomic mass is 10.1. The van der Waals surface area contributed by atoms with E-state index in [4.69, 9.17) is 4.98 Å². The number of aromatic nitrogens is 2. The van der Waals surface area contributed by atoms with E-state index < -0.39 is 0 Å². The fraction of sp³-hybridized carbons (Fsp3) is 0. The van der Waals surface area contributed by atoms with Crippen LogP contribution < -0.4 is 5.32 Å². The van der Waals surface area contributed by atoms with Crippen LogP contribution in [-0.2, 0) is 0 Å². The molecule has 25 heavy (non-hydrogen) atoms. The lowest BCUT2D eigenvalue weighted by molar-refractivity contribution is 0.112. The van der Waals surface area contributed by atoms with Gasteiger partial charge in [-0.1, -0.05) is 60.7 Å². The lowest BCUT2D eigenvalue weighted by Crippen LogP contribution is -2.01. The van der Waals surface area contributed by atoms with Gasteiger partial charge >= 0.3 is 0 Å². The fourth-order valence-electron chi connectivity index (χ4n) is 2.78. The fourth-order valence-corrected chi connectivity index (χ4v) is 2.78. The molecule has 0 atom stereocenters. The average molecular weight is 325 g/mol. The smallest absolute Gasteiger partial charge is 0.228 e. The molecule has 1 N–H and O–H groups in total. The average Bonchev–Trinajstić information content (AvgIpc) is 2.68. The third kappa shape index (κ3) is 2.97. The number of benzene rings is 3. The second-order valence-electron chi connectivity index (χ2n) is 5.61. The van der Waals surface area contributed by atoms with E-state index in [1.165, 1.54) is 0 Å². The minimum absolute atomic E-state index is 0.465. The maximum Gasteiger partial charge on any atom is 0.228 e. The summed E-state index contributed by atoms with van der Waals surface area (Å²) in [5.74, 6) is 0.465. The van der Waals surface area contributed by atoms with Crippen LogP contribution in [-0.4, -0.2) is 16.3 Å². The molecule has 0 aliphatic carbocycles. The predicted molar refractivity (Wildman–Crippen MR) is 100 cm³/mol. The van der Waals surface area contributed by atoms with Gasteiger partial charge < -0.3 is 5.32 Å². The van der Waals surface area contributed by atoms with Crippen LogP contribution in [0.1, 0.15) is 10.4 Å². The van der Waals surface area contributed by atoms with Crippen molar-refractivity contribution in [3.63, 3.8) is 0 Å². The summed E-state index contributed by atoms with van der Waals surface area (Å²) in [6.07, 6.45) is 0.821. The molecule has 120 valence electrons. The zero-order valence-electron chi connectivity index (χ0n) is 13.4. The predicted octanol–water partition coefficient (Wildman–Crippen LogP) is 4.85. The quantitative estimate of drug-likeness (QED) is 0.545. The zero-order chi connectivity index (χ0) is 17.1. The Morgan fingerprint density at radius 2 is 1.48 bits per heavy atom. The van der Waals surface area contributed by atoms with E-state index >= 15 is 0 Å². The number of carbonyl (C=O) groups is 1. The van der Waals surface area contributed by atoms with Gasteiger partial charge in [0.05, 0.1) is 16.9 Å². The van der Waals surface area contributed by atoms with Gasteiger partial charge in [-0.3, -0.25) is 4.79 Å². The van der Waals surface area contributed by atoms with E-state index in [0.717, 1.165) is 28.4 Å². The van der Waals surface area contributed by atoms with Gasteiger partial charge in [0.1, 0.15) is 0 Å². The molecule has 0 saturated heterocycles. The Hall–Kier alpha value is -3.53. The highest BCUT2D eigenvalue weighted by molar-refractivity contribution is 5.93. The summed E-state index contributed by atoms with van der Waals surface area (Å²) in [6.45, 7) is 0. The van der Waals surface area contributed by atoms with Crippen LogP contribution in [0.15, 0.2) is 78.9 Å². The number of nitrogens with one attached hydrogen (secondary N) is 1. The van der Waals surface area contributed by atoms with Gasteiger partial charge in [0.15, 0.2) is 6.29 Å². The SMILES string of the molecule is O=Cc1ccccc1Nc1nc(-c2ccccc2)c2ccccc2n1. The number of hydrogen-bond donors (Lipinski definition) is 1. The zero-order valence-corrected chi connectivity index (χ0v) is 13.4. The van der Waals surface area contributed by atoms with Gasteiger partial charge in [0.2, 0.25) is 5.95 Å². The molecule has 0 spiro atoms. The first kappa shape index (κ1) is 15.0. The number of carbonyl (C=O) groups excluding carboxylic acids is 1. The highest BCUT2D eigenvalue weighted by Crippen LogP contribution is 2.28. The minimum Gasteiger partial charge on any atom is -0.323 e. The summed E-state index contributed by atoms with van der Waals surface area (Å²) in [5.41, 5.74) is 3.99. The number of hydrogen-bond acceptors (Lipinski definition) is 4. The highest BCUT2D eigenvalue weighted by atomic mass is 16.1. The van der Waals surface area contributed by atoms with Gasteiger partial charge in [-0.05, 0) is 18.2 Å². The number of nitrogens with zero attached hydrogens (tertiary/aromatic N) is 2. The van der Waals surface area contributed by atoms with E-state index in [9.17, 15) is 4.79 Å². The Morgan fingerprint density at radius 3 is 2.32 bits per heavy atom. The molecule has 0 fully saturated rings. The number of anilines is 2. The van der Waals surface area contributed by atoms with E-state index in [1.54, 1.807) is 6.07 Å². The van der Waals surface area contributed by atoms with E-state index in [0.29, 0.717) is 17.2 Å². The Balaban J connectivity index is 1.87. The first-order valence-electron chi connectivity index (χ1n) is 7.98. The molecule has 0 amide bonds. The maximum atomic E-state index is 11.2. The molecule has 0 saturated carbocycles. The minimum atomic E-state index is 0.465. The number of fused-ring (bicyclic) bond motifs is 1. The van der Waals surface area contributed by atoms with Gasteiger partial charge in [0, 0.05) is 16.5 Å². The van der Waals surface area contributed by atoms with Crippen molar-refractivity contribution in [2.75, 3.05) is 5.32 Å². The van der Waals surface area contributed by atoms with E-state index in [2.05, 4.69) is 10.3 Å². The first-order chi connectivity index (χ1) is 12.3. The van der Waals surface area contributed by atoms with Crippen molar-refractivity contribution < 1.29 is 4.79 Å². The van der Waals surface area contributed by atoms with Crippen LogP contribution in [0.2, 0.25) is 0 Å². The summed E-state index contributed by atoms with van der Waals surface area (Å²) in [5, 5.41) is 4.16. The third-order valence-electron chi connectivity index (χ3n) is 3.98. The van der Waals surface area contributed by atoms with Crippen molar-refractivity contribution in [3.8, 4) is 11.3 Å². The number of rotatable bonds is 4. The van der Waals surface area contributed by atoms with Crippen molar-refractivity contribution >= 4 is 28.8 Å². The van der Waals surface area contributed by atoms with Gasteiger partial charge in [-0.25, -0.2) is 9.97 Å². The molecular formula is C21H15N3O. The lowest BCUT2D eigenvalue weighted by Gasteiger charge is -2.11. The monoisotopic (exact) mass is 325 g/mol. The largest absolute Gasteiger partial charge is 0.323 e. The van der Waals surface area contributed by atoms with Crippen LogP contribution in [0.3, 0.4) is 0 Å². The van der Waals surface area contributed by atoms with Gasteiger partial charge in [0.25, 0.3) is 0 Å². The molecule has 4 nitrogen and oxygen atoms in total. The summed E-state index contributed by atoms with van der Waals surface area (Å²) in [6, 6.07) is 25.2. The standard InChI is InChI=1S/C21H15N3O/c25-14-16-10-4-6-12-18(16)22-21-23-19-13-7-5-11-17(19)20(24-21)15-8-2-1-3-9-15/h1-14H,(H,22,23,24). The highest BCUT2D eigenvalue weighted by Gasteiger charge is 2.10. The first-order valence-corrected chi connectivity index (χ1v) is 7.98. The van der Waals surface area contributed by atoms with E-state index in [-0.39, 0.29) is 0 Å². The Bertz CT molecular complexity index is 1050. The molecule has 3 aromatic carbocycles. The summed E-state index contributed by atoms with van der Waals surface area (Å²) < 4.78 is 0. The molecule has 1 aromatic heterocycles. The summed E-state index contributed by atoms with van der Waals surface area (Å²) >= 11 is 0. The Kier molecular flexibility index (Phi) is 3.92. The van der Waals surface area contributed by atoms with Crippen LogP contribution in [0.4, 0.5) is 11.6 Å². The van der Waals surface area contributed by atoms with Crippen molar-refractivity contribution in [2.24, 2.45) is 0 Å². The maximum absolute atomic E-state index is 11.2. The van der Waals surface area contributed by atoms with Crippen molar-refractivity contribution in [3.05, 3.63) is 84.4 Å². The molecule has 4 aromatic rings. The third-order valence-corrected chi connectivity index (χ3v) is 3.98. The normalized spacial score (nSPS) is 10.6. The number of para-hydroxylation sites is 2. The Labute approximate surface area is 145 Å². The molecule has 4 rings (SSSR count). The van der Waals surface area contributed by atoms with Crippen LogP contribution in [0.5, 0.6) is 0 Å². The molecule has 0 bridgehead atoms. The van der Waals surface area contributed by atoms with Crippen LogP contribution >= 0.6 is 0 Å². The van der Waals surface area contributed by atoms with Crippen molar-refractivity contribution in [2.45, 2.75) is 0 Å². The molecule has 0 aliphatic heterocycles. The summed E-state index contributed by atoms with van der Waals surface area (Å²) in [7, 11) is 0. The molecule has 0 unspecified atom stereocenters. The topological polar surface area (TPSA) is 54.9 Å². The van der Waals surface area contributed by atoms with Crippen LogP contribution in [0, 0.1) is 0 Å². The van der Waals surface area contributed by atoms with Gasteiger partial charge in [-0.2, -0.15) is 0 Å². The molecule has 0 radical (unpaired) electrons. The number of aldehydes is 1. The molecule has 4 heteroatoms. The molecular weight excluding hydrogens is 310 g/mol. The van der Waals surface area contributed by atoms with Crippen LogP contribution in [0.25, 0.3) is 22.2 Å². The Morgan fingerprint density at radius 1 is 0.760 bits per heavy atom. The summed E-state index contributed by atoms with van der Waals surface area (Å²) in [4.78, 5) is 20.5.